The highest BCUT2D eigenvalue weighted by Gasteiger charge is 2.25. The molecule has 106 valence electrons. The maximum Gasteiger partial charge on any atom is 0.419 e. The van der Waals surface area contributed by atoms with Gasteiger partial charge in [-0.2, -0.15) is 0 Å². The Hall–Kier alpha value is -2.57. The molecule has 0 unspecified atom stereocenters. The van der Waals surface area contributed by atoms with Gasteiger partial charge in [0.2, 0.25) is 5.75 Å². The zero-order chi connectivity index (χ0) is 14.9. The normalized spacial score (nSPS) is 10.7. The van der Waals surface area contributed by atoms with Gasteiger partial charge in [0.15, 0.2) is 0 Å². The summed E-state index contributed by atoms with van der Waals surface area (Å²) < 4.78 is 10.3. The topological polar surface area (TPSA) is 103 Å². The number of aromatic hydroxyl groups is 1. The highest BCUT2D eigenvalue weighted by atomic mass is 16.6. The van der Waals surface area contributed by atoms with E-state index in [1.165, 1.54) is 12.1 Å². The van der Waals surface area contributed by atoms with Crippen molar-refractivity contribution in [1.82, 2.24) is 0 Å². The van der Waals surface area contributed by atoms with Gasteiger partial charge in [0.25, 0.3) is 0 Å². The van der Waals surface area contributed by atoms with Gasteiger partial charge in [-0.15, -0.1) is 0 Å². The number of nitrogens with zero attached hydrogens (tertiary/aromatic N) is 1. The van der Waals surface area contributed by atoms with Crippen LogP contribution in [0.5, 0.6) is 11.5 Å². The molecule has 1 aromatic heterocycles. The van der Waals surface area contributed by atoms with Crippen molar-refractivity contribution in [3.8, 4) is 11.5 Å². The number of benzene rings is 1. The fourth-order valence-electron chi connectivity index (χ4n) is 1.98. The molecule has 20 heavy (non-hydrogen) atoms. The van der Waals surface area contributed by atoms with Crippen molar-refractivity contribution < 1.29 is 19.2 Å². The van der Waals surface area contributed by atoms with Crippen molar-refractivity contribution in [3.05, 3.63) is 38.2 Å². The van der Waals surface area contributed by atoms with Crippen LogP contribution in [-0.4, -0.2) is 16.6 Å². The molecule has 7 heteroatoms. The standard InChI is InChI=1S/C13H13NO6/c1-3-7-5-8-10(6-9(7)19-4-2)20-13(16)11(12(8)15)14(17)18/h5-6,15H,3-4H2,1-2H3. The number of rotatable bonds is 4. The summed E-state index contributed by atoms with van der Waals surface area (Å²) in [6.45, 7) is 4.13. The lowest BCUT2D eigenvalue weighted by atomic mass is 10.1. The average Bonchev–Trinajstić information content (AvgIpc) is 2.38. The molecule has 1 heterocycles. The summed E-state index contributed by atoms with van der Waals surface area (Å²) >= 11 is 0. The Morgan fingerprint density at radius 2 is 2.10 bits per heavy atom. The summed E-state index contributed by atoms with van der Waals surface area (Å²) in [6.07, 6.45) is 0.609. The first-order chi connectivity index (χ1) is 9.49. The minimum atomic E-state index is -1.19. The second-order valence-corrected chi connectivity index (χ2v) is 4.09. The third kappa shape index (κ3) is 2.18. The number of hydrogen-bond donors (Lipinski definition) is 1. The molecular weight excluding hydrogens is 266 g/mol. The maximum atomic E-state index is 11.5. The number of hydrogen-bond acceptors (Lipinski definition) is 6. The van der Waals surface area contributed by atoms with E-state index in [0.717, 1.165) is 5.56 Å². The molecule has 1 N–H and O–H groups in total. The van der Waals surface area contributed by atoms with Crippen LogP contribution >= 0.6 is 0 Å². The lowest BCUT2D eigenvalue weighted by Gasteiger charge is -2.10. The van der Waals surface area contributed by atoms with E-state index >= 15 is 0 Å². The summed E-state index contributed by atoms with van der Waals surface area (Å²) in [6, 6.07) is 2.99. The monoisotopic (exact) mass is 279 g/mol. The second kappa shape index (κ2) is 5.20. The molecule has 2 rings (SSSR count). The summed E-state index contributed by atoms with van der Waals surface area (Å²) in [5.74, 6) is -0.155. The Bertz CT molecular complexity index is 734. The first-order valence-corrected chi connectivity index (χ1v) is 6.09. The average molecular weight is 279 g/mol. The third-order valence-corrected chi connectivity index (χ3v) is 2.90. The van der Waals surface area contributed by atoms with E-state index in [1.54, 1.807) is 0 Å². The Labute approximate surface area is 113 Å². The second-order valence-electron chi connectivity index (χ2n) is 4.09. The Morgan fingerprint density at radius 3 is 2.65 bits per heavy atom. The van der Waals surface area contributed by atoms with E-state index in [-0.39, 0.29) is 11.0 Å². The van der Waals surface area contributed by atoms with Crippen molar-refractivity contribution in [2.45, 2.75) is 20.3 Å². The first-order valence-electron chi connectivity index (χ1n) is 6.09. The Balaban J connectivity index is 2.82. The van der Waals surface area contributed by atoms with Crippen LogP contribution in [0.1, 0.15) is 19.4 Å². The molecule has 0 atom stereocenters. The van der Waals surface area contributed by atoms with E-state index in [1.807, 2.05) is 13.8 Å². The smallest absolute Gasteiger partial charge is 0.419 e. The zero-order valence-corrected chi connectivity index (χ0v) is 11.0. The van der Waals surface area contributed by atoms with Gasteiger partial charge in [-0.05, 0) is 25.0 Å². The molecule has 0 fully saturated rings. The van der Waals surface area contributed by atoms with E-state index < -0.39 is 22.0 Å². The Kier molecular flexibility index (Phi) is 3.60. The summed E-state index contributed by atoms with van der Waals surface area (Å²) in [4.78, 5) is 21.3. The van der Waals surface area contributed by atoms with E-state index in [4.69, 9.17) is 9.15 Å². The van der Waals surface area contributed by atoms with Gasteiger partial charge < -0.3 is 14.3 Å². The number of nitro groups is 1. The molecular formula is C13H13NO6. The highest BCUT2D eigenvalue weighted by Crippen LogP contribution is 2.35. The number of fused-ring (bicyclic) bond motifs is 1. The predicted molar refractivity (Wildman–Crippen MR) is 71.4 cm³/mol. The summed E-state index contributed by atoms with van der Waals surface area (Å²) in [7, 11) is 0. The van der Waals surface area contributed by atoms with Crippen LogP contribution in [0.2, 0.25) is 0 Å². The molecule has 0 bridgehead atoms. The predicted octanol–water partition coefficient (Wildman–Crippen LogP) is 2.37. The third-order valence-electron chi connectivity index (χ3n) is 2.90. The fraction of sp³-hybridized carbons (Fsp3) is 0.308. The lowest BCUT2D eigenvalue weighted by Crippen LogP contribution is -2.07. The van der Waals surface area contributed by atoms with Crippen molar-refractivity contribution >= 4 is 16.7 Å². The van der Waals surface area contributed by atoms with Gasteiger partial charge >= 0.3 is 11.3 Å². The molecule has 0 aliphatic heterocycles. The number of aryl methyl sites for hydroxylation is 1. The van der Waals surface area contributed by atoms with Crippen LogP contribution in [0, 0.1) is 10.1 Å². The largest absolute Gasteiger partial charge is 0.501 e. The van der Waals surface area contributed by atoms with Crippen molar-refractivity contribution in [2.24, 2.45) is 0 Å². The molecule has 7 nitrogen and oxygen atoms in total. The molecule has 0 radical (unpaired) electrons. The molecule has 0 saturated carbocycles. The van der Waals surface area contributed by atoms with E-state index in [9.17, 15) is 20.0 Å². The Morgan fingerprint density at radius 1 is 1.40 bits per heavy atom. The van der Waals surface area contributed by atoms with Crippen LogP contribution in [0.3, 0.4) is 0 Å². The van der Waals surface area contributed by atoms with Crippen molar-refractivity contribution in [3.63, 3.8) is 0 Å². The zero-order valence-electron chi connectivity index (χ0n) is 11.0. The lowest BCUT2D eigenvalue weighted by molar-refractivity contribution is -0.388. The van der Waals surface area contributed by atoms with Gasteiger partial charge in [-0.3, -0.25) is 10.1 Å². The van der Waals surface area contributed by atoms with Gasteiger partial charge in [0.1, 0.15) is 11.3 Å². The van der Waals surface area contributed by atoms with Crippen molar-refractivity contribution in [1.29, 1.82) is 0 Å². The van der Waals surface area contributed by atoms with Crippen LogP contribution in [0.25, 0.3) is 11.0 Å². The van der Waals surface area contributed by atoms with Gasteiger partial charge in [0, 0.05) is 6.07 Å². The summed E-state index contributed by atoms with van der Waals surface area (Å²) in [5, 5.41) is 20.8. The quantitative estimate of drug-likeness (QED) is 0.523. The molecule has 0 saturated heterocycles. The maximum absolute atomic E-state index is 11.5. The summed E-state index contributed by atoms with van der Waals surface area (Å²) in [5.41, 5.74) is -1.33. The SMILES string of the molecule is CCOc1cc2oc(=O)c([N+](=O)[O-])c(O)c2cc1CC. The minimum absolute atomic E-state index is 0.0544. The molecule has 0 aliphatic carbocycles. The van der Waals surface area contributed by atoms with Crippen LogP contribution in [0.15, 0.2) is 21.3 Å². The van der Waals surface area contributed by atoms with Crippen LogP contribution in [-0.2, 0) is 6.42 Å². The van der Waals surface area contributed by atoms with Gasteiger partial charge in [-0.25, -0.2) is 4.79 Å². The minimum Gasteiger partial charge on any atom is -0.501 e. The van der Waals surface area contributed by atoms with E-state index in [0.29, 0.717) is 18.8 Å². The molecule has 0 aliphatic rings. The fourth-order valence-corrected chi connectivity index (χ4v) is 1.98. The number of ether oxygens (including phenoxy) is 1. The highest BCUT2D eigenvalue weighted by molar-refractivity contribution is 5.88. The molecule has 2 aromatic rings. The van der Waals surface area contributed by atoms with Gasteiger partial charge in [-0.1, -0.05) is 6.92 Å². The van der Waals surface area contributed by atoms with Crippen LogP contribution < -0.4 is 10.4 Å². The molecule has 1 aromatic carbocycles. The van der Waals surface area contributed by atoms with Crippen LogP contribution in [0.4, 0.5) is 5.69 Å². The van der Waals surface area contributed by atoms with Crippen molar-refractivity contribution in [2.75, 3.05) is 6.61 Å². The van der Waals surface area contributed by atoms with E-state index in [2.05, 4.69) is 0 Å². The first kappa shape index (κ1) is 13.9. The molecule has 0 amide bonds. The van der Waals surface area contributed by atoms with Gasteiger partial charge in [0.05, 0.1) is 16.9 Å². The molecule has 0 spiro atoms.